The molecular formula is C16H18BrNOS. The predicted octanol–water partition coefficient (Wildman–Crippen LogP) is 4.26. The van der Waals surface area contributed by atoms with Gasteiger partial charge in [0, 0.05) is 26.7 Å². The van der Waals surface area contributed by atoms with E-state index in [-0.39, 0.29) is 0 Å². The van der Waals surface area contributed by atoms with E-state index in [1.54, 1.807) is 0 Å². The van der Waals surface area contributed by atoms with Crippen molar-refractivity contribution in [2.24, 2.45) is 0 Å². The number of hydrogen-bond donors (Lipinski definition) is 1. The summed E-state index contributed by atoms with van der Waals surface area (Å²) in [5, 5.41) is 3.43. The summed E-state index contributed by atoms with van der Waals surface area (Å²) in [6, 6.07) is 9.12. The zero-order valence-corrected chi connectivity index (χ0v) is 14.1. The van der Waals surface area contributed by atoms with E-state index in [9.17, 15) is 0 Å². The van der Waals surface area contributed by atoms with Crippen LogP contribution in [0.15, 0.2) is 28.7 Å². The molecule has 1 aliphatic heterocycles. The molecule has 1 atom stereocenters. The summed E-state index contributed by atoms with van der Waals surface area (Å²) in [6.07, 6.45) is 1.97. The number of hydrogen-bond acceptors (Lipinski definition) is 3. The average Bonchev–Trinajstić information content (AvgIpc) is 3.04. The van der Waals surface area contributed by atoms with Gasteiger partial charge >= 0.3 is 0 Å². The van der Waals surface area contributed by atoms with Gasteiger partial charge < -0.3 is 10.1 Å². The number of rotatable bonds is 4. The lowest BCUT2D eigenvalue weighted by Gasteiger charge is -2.17. The third kappa shape index (κ3) is 2.78. The molecule has 4 heteroatoms. The number of ether oxygens (including phenoxy) is 1. The molecule has 106 valence electrons. The second kappa shape index (κ2) is 5.88. The second-order valence-corrected chi connectivity index (χ2v) is 7.38. The summed E-state index contributed by atoms with van der Waals surface area (Å²) in [6.45, 7) is 2.96. The molecule has 2 aromatic rings. The van der Waals surface area contributed by atoms with Crippen molar-refractivity contribution >= 4 is 27.3 Å². The molecule has 0 spiro atoms. The van der Waals surface area contributed by atoms with Gasteiger partial charge in [-0.25, -0.2) is 0 Å². The standard InChI is InChI=1S/C16H18BrNOS/c1-10-3-4-15(20-10)14(18-2)9-12-8-13(17)7-11-5-6-19-16(11)12/h3-4,7-8,14,18H,5-6,9H2,1-2H3. The van der Waals surface area contributed by atoms with Gasteiger partial charge in [-0.2, -0.15) is 0 Å². The molecule has 1 unspecified atom stereocenters. The molecule has 1 aliphatic rings. The van der Waals surface area contributed by atoms with Crippen molar-refractivity contribution in [3.05, 3.63) is 49.6 Å². The number of nitrogens with one attached hydrogen (secondary N) is 1. The number of halogens is 1. The second-order valence-electron chi connectivity index (χ2n) is 5.15. The number of fused-ring (bicyclic) bond motifs is 1. The zero-order chi connectivity index (χ0) is 14.1. The number of aryl methyl sites for hydroxylation is 1. The van der Waals surface area contributed by atoms with Crippen LogP contribution in [0.2, 0.25) is 0 Å². The maximum Gasteiger partial charge on any atom is 0.125 e. The third-order valence-corrected chi connectivity index (χ3v) is 5.27. The van der Waals surface area contributed by atoms with Crippen LogP contribution >= 0.6 is 27.3 Å². The topological polar surface area (TPSA) is 21.3 Å². The normalized spacial score (nSPS) is 14.9. The molecule has 0 fully saturated rings. The highest BCUT2D eigenvalue weighted by Crippen LogP contribution is 2.36. The van der Waals surface area contributed by atoms with Crippen LogP contribution < -0.4 is 10.1 Å². The van der Waals surface area contributed by atoms with E-state index in [2.05, 4.69) is 52.4 Å². The maximum absolute atomic E-state index is 5.83. The predicted molar refractivity (Wildman–Crippen MR) is 87.9 cm³/mol. The Morgan fingerprint density at radius 1 is 1.40 bits per heavy atom. The van der Waals surface area contributed by atoms with Crippen molar-refractivity contribution in [1.82, 2.24) is 5.32 Å². The van der Waals surface area contributed by atoms with Crippen LogP contribution in [0, 0.1) is 6.92 Å². The van der Waals surface area contributed by atoms with Crippen LogP contribution in [-0.2, 0) is 12.8 Å². The first-order valence-corrected chi connectivity index (χ1v) is 8.46. The highest BCUT2D eigenvalue weighted by Gasteiger charge is 2.21. The molecule has 1 aromatic carbocycles. The molecule has 0 bridgehead atoms. The first-order chi connectivity index (χ1) is 9.67. The number of likely N-dealkylation sites (N-methyl/N-ethyl adjacent to an activating group) is 1. The largest absolute Gasteiger partial charge is 0.493 e. The quantitative estimate of drug-likeness (QED) is 0.888. The van der Waals surface area contributed by atoms with E-state index in [4.69, 9.17) is 4.74 Å². The van der Waals surface area contributed by atoms with Gasteiger partial charge in [0.2, 0.25) is 0 Å². The fourth-order valence-electron chi connectivity index (χ4n) is 2.70. The van der Waals surface area contributed by atoms with E-state index in [1.807, 2.05) is 18.4 Å². The number of benzene rings is 1. The molecule has 0 saturated carbocycles. The highest BCUT2D eigenvalue weighted by molar-refractivity contribution is 9.10. The van der Waals surface area contributed by atoms with E-state index >= 15 is 0 Å². The van der Waals surface area contributed by atoms with Gasteiger partial charge in [0.15, 0.2) is 0 Å². The Balaban J connectivity index is 1.90. The van der Waals surface area contributed by atoms with E-state index < -0.39 is 0 Å². The van der Waals surface area contributed by atoms with Crippen molar-refractivity contribution in [3.8, 4) is 5.75 Å². The molecule has 2 nitrogen and oxygen atoms in total. The van der Waals surface area contributed by atoms with E-state index in [0.717, 1.165) is 29.7 Å². The summed E-state index contributed by atoms with van der Waals surface area (Å²) < 4.78 is 6.97. The first kappa shape index (κ1) is 14.1. The lowest BCUT2D eigenvalue weighted by Crippen LogP contribution is -2.18. The Hall–Kier alpha value is -0.840. The van der Waals surface area contributed by atoms with Crippen LogP contribution in [0.5, 0.6) is 5.75 Å². The van der Waals surface area contributed by atoms with Gasteiger partial charge in [-0.3, -0.25) is 0 Å². The average molecular weight is 352 g/mol. The molecular weight excluding hydrogens is 334 g/mol. The molecule has 0 amide bonds. The van der Waals surface area contributed by atoms with Crippen molar-refractivity contribution in [1.29, 1.82) is 0 Å². The summed E-state index contributed by atoms with van der Waals surface area (Å²) in [5.41, 5.74) is 2.61. The maximum atomic E-state index is 5.83. The van der Waals surface area contributed by atoms with Gasteiger partial charge in [-0.05, 0) is 55.8 Å². The summed E-state index contributed by atoms with van der Waals surface area (Å²) in [5.74, 6) is 1.10. The van der Waals surface area contributed by atoms with Crippen molar-refractivity contribution < 1.29 is 4.74 Å². The molecule has 3 rings (SSSR count). The molecule has 20 heavy (non-hydrogen) atoms. The third-order valence-electron chi connectivity index (χ3n) is 3.70. The molecule has 0 radical (unpaired) electrons. The summed E-state index contributed by atoms with van der Waals surface area (Å²) in [4.78, 5) is 2.74. The lowest BCUT2D eigenvalue weighted by atomic mass is 10.0. The van der Waals surface area contributed by atoms with Crippen molar-refractivity contribution in [2.45, 2.75) is 25.8 Å². The molecule has 0 saturated heterocycles. The Labute approximate surface area is 132 Å². The Bertz CT molecular complexity index is 623. The minimum absolute atomic E-state index is 0.344. The number of thiophene rings is 1. The van der Waals surface area contributed by atoms with Gasteiger partial charge in [0.05, 0.1) is 6.61 Å². The van der Waals surface area contributed by atoms with Gasteiger partial charge in [0.1, 0.15) is 5.75 Å². The molecule has 1 aromatic heterocycles. The van der Waals surface area contributed by atoms with Crippen LogP contribution in [-0.4, -0.2) is 13.7 Å². The molecule has 2 heterocycles. The van der Waals surface area contributed by atoms with E-state index in [1.165, 1.54) is 20.9 Å². The van der Waals surface area contributed by atoms with E-state index in [0.29, 0.717) is 6.04 Å². The van der Waals surface area contributed by atoms with Crippen LogP contribution in [0.3, 0.4) is 0 Å². The van der Waals surface area contributed by atoms with Gasteiger partial charge in [-0.1, -0.05) is 15.9 Å². The Morgan fingerprint density at radius 3 is 2.95 bits per heavy atom. The SMILES string of the molecule is CNC(Cc1cc(Br)cc2c1OCC2)c1ccc(C)s1. The summed E-state index contributed by atoms with van der Waals surface area (Å²) >= 11 is 5.48. The highest BCUT2D eigenvalue weighted by atomic mass is 79.9. The van der Waals surface area contributed by atoms with Crippen LogP contribution in [0.25, 0.3) is 0 Å². The van der Waals surface area contributed by atoms with Crippen molar-refractivity contribution in [2.75, 3.05) is 13.7 Å². The first-order valence-electron chi connectivity index (χ1n) is 6.85. The van der Waals surface area contributed by atoms with Gasteiger partial charge in [0.25, 0.3) is 0 Å². The fraction of sp³-hybridized carbons (Fsp3) is 0.375. The van der Waals surface area contributed by atoms with Crippen LogP contribution in [0.1, 0.15) is 26.9 Å². The zero-order valence-electron chi connectivity index (χ0n) is 11.7. The summed E-state index contributed by atoms with van der Waals surface area (Å²) in [7, 11) is 2.03. The minimum atomic E-state index is 0.344. The van der Waals surface area contributed by atoms with Crippen LogP contribution in [0.4, 0.5) is 0 Å². The van der Waals surface area contributed by atoms with Gasteiger partial charge in [-0.15, -0.1) is 11.3 Å². The Kier molecular flexibility index (Phi) is 4.15. The monoisotopic (exact) mass is 351 g/mol. The smallest absolute Gasteiger partial charge is 0.125 e. The molecule has 1 N–H and O–H groups in total. The fourth-order valence-corrected chi connectivity index (χ4v) is 4.24. The minimum Gasteiger partial charge on any atom is -0.493 e. The molecule has 0 aliphatic carbocycles. The lowest BCUT2D eigenvalue weighted by molar-refractivity contribution is 0.352. The van der Waals surface area contributed by atoms with Crippen molar-refractivity contribution in [3.63, 3.8) is 0 Å². The Morgan fingerprint density at radius 2 is 2.25 bits per heavy atom.